The first-order chi connectivity index (χ1) is 8.69. The second-order valence-corrected chi connectivity index (χ2v) is 4.07. The molecule has 1 heterocycles. The number of nitrogens with two attached hydrogens (primary N) is 1. The monoisotopic (exact) mass is 238 g/mol. The first kappa shape index (κ1) is 11.9. The summed E-state index contributed by atoms with van der Waals surface area (Å²) in [5.41, 5.74) is 8.26. The first-order valence-corrected chi connectivity index (χ1v) is 5.62. The Morgan fingerprint density at radius 1 is 1.22 bits per heavy atom. The van der Waals surface area contributed by atoms with E-state index in [1.165, 1.54) is 0 Å². The fraction of sp³-hybridized carbons (Fsp3) is 0.143. The fourth-order valence-electron chi connectivity index (χ4n) is 1.71. The summed E-state index contributed by atoms with van der Waals surface area (Å²) in [6, 6.07) is 15.2. The highest BCUT2D eigenvalue weighted by atomic mass is 15.1. The van der Waals surface area contributed by atoms with Gasteiger partial charge in [-0.05, 0) is 36.4 Å². The Hall–Kier alpha value is -2.54. The average Bonchev–Trinajstić information content (AvgIpc) is 2.39. The molecule has 0 radical (unpaired) electrons. The molecule has 0 bridgehead atoms. The smallest absolute Gasteiger partial charge is 0.123 e. The number of nitriles is 1. The fourth-order valence-corrected chi connectivity index (χ4v) is 1.71. The molecule has 0 saturated heterocycles. The molecule has 4 heteroatoms. The average molecular weight is 238 g/mol. The zero-order valence-electron chi connectivity index (χ0n) is 10.2. The van der Waals surface area contributed by atoms with E-state index >= 15 is 0 Å². The van der Waals surface area contributed by atoms with Crippen LogP contribution in [0.25, 0.3) is 0 Å². The second-order valence-electron chi connectivity index (χ2n) is 4.07. The van der Waals surface area contributed by atoms with E-state index in [4.69, 9.17) is 11.0 Å². The van der Waals surface area contributed by atoms with E-state index in [0.717, 1.165) is 11.4 Å². The van der Waals surface area contributed by atoms with E-state index in [1.54, 1.807) is 18.2 Å². The van der Waals surface area contributed by atoms with Gasteiger partial charge in [0.2, 0.25) is 0 Å². The topological polar surface area (TPSA) is 65.9 Å². The summed E-state index contributed by atoms with van der Waals surface area (Å²) in [4.78, 5) is 6.31. The number of hydrogen-bond acceptors (Lipinski definition) is 4. The maximum atomic E-state index is 8.75. The van der Waals surface area contributed by atoms with E-state index in [9.17, 15) is 0 Å². The zero-order valence-corrected chi connectivity index (χ0v) is 10.2. The quantitative estimate of drug-likeness (QED) is 0.890. The third-order valence-corrected chi connectivity index (χ3v) is 2.66. The van der Waals surface area contributed by atoms with Crippen molar-refractivity contribution in [2.24, 2.45) is 0 Å². The van der Waals surface area contributed by atoms with Crippen molar-refractivity contribution in [3.05, 3.63) is 53.7 Å². The normalized spacial score (nSPS) is 9.78. The van der Waals surface area contributed by atoms with Gasteiger partial charge >= 0.3 is 0 Å². The zero-order chi connectivity index (χ0) is 13.0. The van der Waals surface area contributed by atoms with Gasteiger partial charge in [-0.25, -0.2) is 4.98 Å². The highest BCUT2D eigenvalue weighted by Crippen LogP contribution is 2.15. The number of aromatic nitrogens is 1. The SMILES string of the molecule is CN(Cc1cccc(N)n1)c1ccc(C#N)cc1. The summed E-state index contributed by atoms with van der Waals surface area (Å²) in [5.74, 6) is 0.528. The van der Waals surface area contributed by atoms with Crippen LogP contribution in [0.4, 0.5) is 11.5 Å². The number of pyridine rings is 1. The molecule has 18 heavy (non-hydrogen) atoms. The van der Waals surface area contributed by atoms with Gasteiger partial charge < -0.3 is 10.6 Å². The van der Waals surface area contributed by atoms with Crippen LogP contribution in [0.1, 0.15) is 11.3 Å². The van der Waals surface area contributed by atoms with Crippen LogP contribution >= 0.6 is 0 Å². The number of rotatable bonds is 3. The van der Waals surface area contributed by atoms with Crippen LogP contribution in [0.15, 0.2) is 42.5 Å². The maximum Gasteiger partial charge on any atom is 0.123 e. The molecule has 90 valence electrons. The van der Waals surface area contributed by atoms with Gasteiger partial charge in [0.05, 0.1) is 23.9 Å². The van der Waals surface area contributed by atoms with Crippen LogP contribution in [-0.4, -0.2) is 12.0 Å². The van der Waals surface area contributed by atoms with Crippen molar-refractivity contribution < 1.29 is 0 Å². The Balaban J connectivity index is 2.12. The molecule has 0 atom stereocenters. The van der Waals surface area contributed by atoms with Crippen molar-refractivity contribution in [1.29, 1.82) is 5.26 Å². The molecule has 2 aromatic rings. The van der Waals surface area contributed by atoms with Crippen molar-refractivity contribution in [2.45, 2.75) is 6.54 Å². The molecule has 0 aliphatic heterocycles. The minimum absolute atomic E-state index is 0.528. The van der Waals surface area contributed by atoms with Gasteiger partial charge in [-0.2, -0.15) is 5.26 Å². The molecule has 0 aliphatic rings. The van der Waals surface area contributed by atoms with Crippen molar-refractivity contribution in [3.8, 4) is 6.07 Å². The summed E-state index contributed by atoms with van der Waals surface area (Å²) in [7, 11) is 1.98. The molecule has 0 fully saturated rings. The largest absolute Gasteiger partial charge is 0.384 e. The number of anilines is 2. The van der Waals surface area contributed by atoms with Crippen LogP contribution in [0.2, 0.25) is 0 Å². The molecule has 0 saturated carbocycles. The minimum Gasteiger partial charge on any atom is -0.384 e. The van der Waals surface area contributed by atoms with Crippen molar-refractivity contribution in [1.82, 2.24) is 4.98 Å². The summed E-state index contributed by atoms with van der Waals surface area (Å²) >= 11 is 0. The lowest BCUT2D eigenvalue weighted by atomic mass is 10.2. The molecular weight excluding hydrogens is 224 g/mol. The van der Waals surface area contributed by atoms with Crippen LogP contribution in [0, 0.1) is 11.3 Å². The summed E-state index contributed by atoms with van der Waals surface area (Å²) in [6.07, 6.45) is 0. The van der Waals surface area contributed by atoms with Crippen LogP contribution in [0.5, 0.6) is 0 Å². The van der Waals surface area contributed by atoms with E-state index < -0.39 is 0 Å². The van der Waals surface area contributed by atoms with Gasteiger partial charge in [0.25, 0.3) is 0 Å². The van der Waals surface area contributed by atoms with Gasteiger partial charge in [-0.3, -0.25) is 0 Å². The molecule has 2 N–H and O–H groups in total. The second kappa shape index (κ2) is 5.19. The Morgan fingerprint density at radius 3 is 2.56 bits per heavy atom. The van der Waals surface area contributed by atoms with Crippen molar-refractivity contribution in [3.63, 3.8) is 0 Å². The highest BCUT2D eigenvalue weighted by molar-refractivity contribution is 5.49. The Labute approximate surface area is 106 Å². The molecule has 4 nitrogen and oxygen atoms in total. The highest BCUT2D eigenvalue weighted by Gasteiger charge is 2.03. The lowest BCUT2D eigenvalue weighted by molar-refractivity contribution is 0.887. The van der Waals surface area contributed by atoms with Crippen molar-refractivity contribution >= 4 is 11.5 Å². The van der Waals surface area contributed by atoms with Crippen molar-refractivity contribution in [2.75, 3.05) is 17.7 Å². The van der Waals surface area contributed by atoms with Crippen LogP contribution in [-0.2, 0) is 6.54 Å². The number of benzene rings is 1. The summed E-state index contributed by atoms with van der Waals surface area (Å²) < 4.78 is 0. The van der Waals surface area contributed by atoms with E-state index in [2.05, 4.69) is 16.0 Å². The predicted molar refractivity (Wildman–Crippen MR) is 71.9 cm³/mol. The van der Waals surface area contributed by atoms with Gasteiger partial charge in [0, 0.05) is 12.7 Å². The van der Waals surface area contributed by atoms with E-state index in [-0.39, 0.29) is 0 Å². The molecule has 0 amide bonds. The van der Waals surface area contributed by atoms with Gasteiger partial charge in [0.15, 0.2) is 0 Å². The molecule has 0 unspecified atom stereocenters. The van der Waals surface area contributed by atoms with Gasteiger partial charge in [-0.15, -0.1) is 0 Å². The molecule has 0 spiro atoms. The Kier molecular flexibility index (Phi) is 3.44. The maximum absolute atomic E-state index is 8.75. The molecule has 2 rings (SSSR count). The standard InChI is InChI=1S/C14H14N4/c1-18(10-12-3-2-4-14(16)17-12)13-7-5-11(9-15)6-8-13/h2-8H,10H2,1H3,(H2,16,17). The molecule has 1 aromatic carbocycles. The third kappa shape index (κ3) is 2.77. The number of nitrogen functional groups attached to an aromatic ring is 1. The first-order valence-electron chi connectivity index (χ1n) is 5.62. The summed E-state index contributed by atoms with van der Waals surface area (Å²) in [5, 5.41) is 8.75. The number of hydrogen-bond donors (Lipinski definition) is 1. The number of nitrogens with zero attached hydrogens (tertiary/aromatic N) is 3. The van der Waals surface area contributed by atoms with Crippen LogP contribution < -0.4 is 10.6 Å². The predicted octanol–water partition coefficient (Wildman–Crippen LogP) is 2.17. The Bertz CT molecular complexity index is 569. The molecule has 1 aromatic heterocycles. The molecule has 0 aliphatic carbocycles. The Morgan fingerprint density at radius 2 is 1.94 bits per heavy atom. The minimum atomic E-state index is 0.528. The van der Waals surface area contributed by atoms with E-state index in [0.29, 0.717) is 17.9 Å². The lowest BCUT2D eigenvalue weighted by Gasteiger charge is -2.18. The van der Waals surface area contributed by atoms with Gasteiger partial charge in [0.1, 0.15) is 5.82 Å². The third-order valence-electron chi connectivity index (χ3n) is 2.66. The lowest BCUT2D eigenvalue weighted by Crippen LogP contribution is -2.17. The molecular formula is C14H14N4. The van der Waals surface area contributed by atoms with E-state index in [1.807, 2.05) is 31.3 Å². The van der Waals surface area contributed by atoms with Gasteiger partial charge in [-0.1, -0.05) is 6.07 Å². The summed E-state index contributed by atoms with van der Waals surface area (Å²) in [6.45, 7) is 0.678. The van der Waals surface area contributed by atoms with Crippen LogP contribution in [0.3, 0.4) is 0 Å².